The number of ether oxygens (including phenoxy) is 6. The minimum Gasteiger partial charge on any atom is -0.493 e. The maximum atomic E-state index is 6.23. The fraction of sp³-hybridized carbons (Fsp3) is 0.304. The molecule has 9 nitrogen and oxygen atoms in total. The molecule has 7 rings (SSSR count). The highest BCUT2D eigenvalue weighted by Gasteiger charge is 2.15. The summed E-state index contributed by atoms with van der Waals surface area (Å²) in [6, 6.07) is 46.2. The highest BCUT2D eigenvalue weighted by Crippen LogP contribution is 2.32. The average Bonchev–Trinajstić information content (AvgIpc) is 3.31. The monoisotopic (exact) mass is 871 g/mol. The van der Waals surface area contributed by atoms with Crippen LogP contribution in [0.5, 0.6) is 34.5 Å². The Hall–Kier alpha value is -6.87. The minimum absolute atomic E-state index is 0.101. The molecule has 0 unspecified atom stereocenters. The summed E-state index contributed by atoms with van der Waals surface area (Å²) >= 11 is 0. The summed E-state index contributed by atoms with van der Waals surface area (Å²) < 4.78 is 36.8. The second-order valence-corrected chi connectivity index (χ2v) is 17.9. The molecule has 4 aromatic carbocycles. The number of rotatable bonds is 21. The fourth-order valence-corrected chi connectivity index (χ4v) is 6.95. The molecule has 0 atom stereocenters. The molecule has 0 saturated heterocycles. The van der Waals surface area contributed by atoms with Crippen molar-refractivity contribution in [1.29, 1.82) is 0 Å². The van der Waals surface area contributed by atoms with Crippen LogP contribution in [0.2, 0.25) is 0 Å². The van der Waals surface area contributed by atoms with Gasteiger partial charge in [0.15, 0.2) is 0 Å². The second-order valence-electron chi connectivity index (χ2n) is 17.9. The van der Waals surface area contributed by atoms with Gasteiger partial charge in [0.05, 0.1) is 62.4 Å². The Labute approximate surface area is 384 Å². The molecule has 3 heterocycles. The van der Waals surface area contributed by atoms with Crippen LogP contribution in [0.3, 0.4) is 0 Å². The van der Waals surface area contributed by atoms with Crippen molar-refractivity contribution >= 4 is 0 Å². The van der Waals surface area contributed by atoms with Crippen molar-refractivity contribution in [3.8, 4) is 68.4 Å². The summed E-state index contributed by atoms with van der Waals surface area (Å²) in [6.45, 7) is 16.2. The Balaban J connectivity index is 0.914. The van der Waals surface area contributed by atoms with Gasteiger partial charge in [-0.05, 0) is 106 Å². The predicted octanol–water partition coefficient (Wildman–Crippen LogP) is 13.0. The van der Waals surface area contributed by atoms with E-state index in [1.165, 1.54) is 11.1 Å². The first-order valence-corrected chi connectivity index (χ1v) is 22.5. The molecular weight excluding hydrogens is 811 g/mol. The molecular formula is C56H61N3O6. The average molecular weight is 872 g/mol. The fourth-order valence-electron chi connectivity index (χ4n) is 6.95. The number of pyridine rings is 3. The van der Waals surface area contributed by atoms with E-state index in [0.29, 0.717) is 63.3 Å². The third-order valence-electron chi connectivity index (χ3n) is 10.6. The van der Waals surface area contributed by atoms with E-state index in [9.17, 15) is 0 Å². The zero-order valence-electron chi connectivity index (χ0n) is 38.6. The molecule has 0 spiro atoms. The molecule has 7 aromatic rings. The molecule has 3 aromatic heterocycles. The number of benzene rings is 4. The van der Waals surface area contributed by atoms with Crippen molar-refractivity contribution < 1.29 is 28.4 Å². The third kappa shape index (κ3) is 14.1. The van der Waals surface area contributed by atoms with Crippen molar-refractivity contribution in [2.75, 3.05) is 39.6 Å². The Bertz CT molecular complexity index is 2370. The highest BCUT2D eigenvalue weighted by molar-refractivity contribution is 5.75. The Morgan fingerprint density at radius 1 is 0.338 bits per heavy atom. The molecule has 65 heavy (non-hydrogen) atoms. The second kappa shape index (κ2) is 22.2. The highest BCUT2D eigenvalue weighted by atomic mass is 16.5. The van der Waals surface area contributed by atoms with Crippen molar-refractivity contribution in [3.05, 3.63) is 163 Å². The van der Waals surface area contributed by atoms with Crippen LogP contribution in [0.25, 0.3) is 33.9 Å². The predicted molar refractivity (Wildman–Crippen MR) is 260 cm³/mol. The van der Waals surface area contributed by atoms with Crippen LogP contribution < -0.4 is 28.4 Å². The summed E-state index contributed by atoms with van der Waals surface area (Å²) in [5.41, 5.74) is 7.98. The Morgan fingerprint density at radius 2 is 0.677 bits per heavy atom. The van der Waals surface area contributed by atoms with Crippen molar-refractivity contribution in [1.82, 2.24) is 15.0 Å². The summed E-state index contributed by atoms with van der Waals surface area (Å²) in [5.74, 6) is 4.50. The lowest BCUT2D eigenvalue weighted by Crippen LogP contribution is -2.11. The molecule has 0 fully saturated rings. The van der Waals surface area contributed by atoms with Gasteiger partial charge >= 0.3 is 0 Å². The van der Waals surface area contributed by atoms with E-state index >= 15 is 0 Å². The first-order chi connectivity index (χ1) is 31.5. The quantitative estimate of drug-likeness (QED) is 0.0654. The molecule has 336 valence electrons. The van der Waals surface area contributed by atoms with E-state index < -0.39 is 0 Å². The molecule has 0 N–H and O–H groups in total. The minimum atomic E-state index is 0.101. The van der Waals surface area contributed by atoms with Gasteiger partial charge in [-0.3, -0.25) is 9.97 Å². The summed E-state index contributed by atoms with van der Waals surface area (Å²) in [4.78, 5) is 14.0. The van der Waals surface area contributed by atoms with Crippen LogP contribution in [-0.2, 0) is 10.8 Å². The first kappa shape index (κ1) is 46.1. The van der Waals surface area contributed by atoms with Crippen LogP contribution in [-0.4, -0.2) is 54.6 Å². The zero-order chi connectivity index (χ0) is 45.5. The molecule has 0 bridgehead atoms. The van der Waals surface area contributed by atoms with Crippen LogP contribution in [0.4, 0.5) is 0 Å². The zero-order valence-corrected chi connectivity index (χ0v) is 38.6. The van der Waals surface area contributed by atoms with Crippen molar-refractivity contribution in [2.24, 2.45) is 0 Å². The van der Waals surface area contributed by atoms with Crippen molar-refractivity contribution in [2.45, 2.75) is 71.6 Å². The maximum Gasteiger partial charge on any atom is 0.126 e. The molecule has 0 saturated carbocycles. The standard InChI is InChI=1S/C56H61N3O6/c1-55(2,3)43-18-24-46(25-19-43)61-31-12-34-64-49-38-48(39-50(40-49)65-35-13-32-62-47-26-20-44(21-27-47)56(4,5)6)63-33-11-30-60-45-22-16-41(17-23-45)42-36-53(51-14-7-9-28-57-51)59-54(37-42)52-15-8-10-29-58-52/h7-10,14-29,36-40H,11-13,30-35H2,1-6H3. The van der Waals surface area contributed by atoms with Crippen LogP contribution in [0.15, 0.2) is 152 Å². The topological polar surface area (TPSA) is 94.1 Å². The number of hydrogen-bond donors (Lipinski definition) is 0. The van der Waals surface area contributed by atoms with E-state index in [1.807, 2.05) is 91.0 Å². The van der Waals surface area contributed by atoms with Gasteiger partial charge in [0, 0.05) is 49.9 Å². The van der Waals surface area contributed by atoms with E-state index in [1.54, 1.807) is 12.4 Å². The number of hydrogen-bond acceptors (Lipinski definition) is 9. The first-order valence-electron chi connectivity index (χ1n) is 22.5. The molecule has 0 aliphatic carbocycles. The normalized spacial score (nSPS) is 11.5. The van der Waals surface area contributed by atoms with Gasteiger partial charge in [-0.1, -0.05) is 90.1 Å². The van der Waals surface area contributed by atoms with E-state index in [0.717, 1.165) is 64.0 Å². The summed E-state index contributed by atoms with van der Waals surface area (Å²) in [5, 5.41) is 0. The molecule has 9 heteroatoms. The number of aromatic nitrogens is 3. The SMILES string of the molecule is CC(C)(C)c1ccc(OCCCOc2cc(OCCCOc3ccc(-c4cc(-c5ccccn5)nc(-c5ccccn5)c4)cc3)cc(OCCCOc3ccc(C(C)(C)C)cc3)c2)cc1. The maximum absolute atomic E-state index is 6.23. The van der Waals surface area contributed by atoms with Gasteiger partial charge in [-0.15, -0.1) is 0 Å². The lowest BCUT2D eigenvalue weighted by atomic mass is 9.87. The lowest BCUT2D eigenvalue weighted by Gasteiger charge is -2.19. The van der Waals surface area contributed by atoms with Crippen LogP contribution >= 0.6 is 0 Å². The third-order valence-corrected chi connectivity index (χ3v) is 10.6. The largest absolute Gasteiger partial charge is 0.493 e. The van der Waals surface area contributed by atoms with Gasteiger partial charge in [-0.25, -0.2) is 4.98 Å². The van der Waals surface area contributed by atoms with E-state index in [2.05, 4.69) is 100 Å². The van der Waals surface area contributed by atoms with Gasteiger partial charge in [0.1, 0.15) is 34.5 Å². The van der Waals surface area contributed by atoms with Gasteiger partial charge in [-0.2, -0.15) is 0 Å². The summed E-state index contributed by atoms with van der Waals surface area (Å²) in [6.07, 6.45) is 5.67. The molecule has 0 amide bonds. The summed E-state index contributed by atoms with van der Waals surface area (Å²) in [7, 11) is 0. The van der Waals surface area contributed by atoms with Crippen LogP contribution in [0.1, 0.15) is 71.9 Å². The van der Waals surface area contributed by atoms with E-state index in [4.69, 9.17) is 33.4 Å². The van der Waals surface area contributed by atoms with E-state index in [-0.39, 0.29) is 10.8 Å². The Morgan fingerprint density at radius 3 is 1.00 bits per heavy atom. The van der Waals surface area contributed by atoms with Gasteiger partial charge in [0.25, 0.3) is 0 Å². The molecule has 0 aliphatic heterocycles. The lowest BCUT2D eigenvalue weighted by molar-refractivity contribution is 0.233. The van der Waals surface area contributed by atoms with Crippen molar-refractivity contribution in [3.63, 3.8) is 0 Å². The molecule has 0 radical (unpaired) electrons. The van der Waals surface area contributed by atoms with Crippen LogP contribution in [0, 0.1) is 0 Å². The molecule has 0 aliphatic rings. The van der Waals surface area contributed by atoms with Gasteiger partial charge in [0.2, 0.25) is 0 Å². The number of nitrogens with zero attached hydrogens (tertiary/aromatic N) is 3. The Kier molecular flexibility index (Phi) is 15.7. The smallest absolute Gasteiger partial charge is 0.126 e. The van der Waals surface area contributed by atoms with Gasteiger partial charge < -0.3 is 28.4 Å².